The number of hydrogen-bond donors (Lipinski definition) is 0. The topological polar surface area (TPSA) is 104 Å². The highest BCUT2D eigenvalue weighted by Gasteiger charge is 2.28. The van der Waals surface area contributed by atoms with Crippen molar-refractivity contribution in [2.45, 2.75) is 33.1 Å². The Kier molecular flexibility index (Phi) is 5.12. The summed E-state index contributed by atoms with van der Waals surface area (Å²) in [4.78, 5) is 0. The van der Waals surface area contributed by atoms with E-state index in [-0.39, 0.29) is 5.41 Å². The van der Waals surface area contributed by atoms with E-state index < -0.39 is 10.2 Å². The van der Waals surface area contributed by atoms with Gasteiger partial charge < -0.3 is 0 Å². The third-order valence-electron chi connectivity index (χ3n) is 1.32. The van der Waals surface area contributed by atoms with Crippen molar-refractivity contribution in [3.05, 3.63) is 16.2 Å². The van der Waals surface area contributed by atoms with Crippen LogP contribution in [0.1, 0.15) is 31.6 Å². The van der Waals surface area contributed by atoms with E-state index in [0.29, 0.717) is 0 Å². The molecule has 0 bridgehead atoms. The van der Waals surface area contributed by atoms with Crippen molar-refractivity contribution >= 4 is 11.3 Å². The molecule has 0 fully saturated rings. The van der Waals surface area contributed by atoms with Gasteiger partial charge in [0.1, 0.15) is 5.38 Å². The monoisotopic (exact) mass is 256 g/mol. The van der Waals surface area contributed by atoms with Gasteiger partial charge in [-0.05, 0) is 32.1 Å². The van der Waals surface area contributed by atoms with Gasteiger partial charge in [-0.25, -0.2) is 23.1 Å². The van der Waals surface area contributed by atoms with Crippen molar-refractivity contribution in [1.82, 2.24) is 0 Å². The second-order valence-corrected chi connectivity index (χ2v) is 5.62. The quantitative estimate of drug-likeness (QED) is 0.524. The van der Waals surface area contributed by atoms with Gasteiger partial charge in [-0.1, -0.05) is 0 Å². The van der Waals surface area contributed by atoms with Crippen LogP contribution in [0.15, 0.2) is 9.80 Å². The molecule has 7 heteroatoms. The minimum atomic E-state index is -4.94. The molecule has 0 aliphatic rings. The Morgan fingerprint density at radius 1 is 1.20 bits per heavy atom. The van der Waals surface area contributed by atoms with Gasteiger partial charge in [-0.3, -0.25) is 0 Å². The summed E-state index contributed by atoms with van der Waals surface area (Å²) in [7, 11) is -4.94. The molecule has 1 aromatic rings. The van der Waals surface area contributed by atoms with Crippen LogP contribution in [0, 0.1) is 17.2 Å². The van der Waals surface area contributed by atoms with Gasteiger partial charge >= 0.3 is 10.8 Å². The molecule has 0 aromatic carbocycles. The molecule has 1 rings (SSSR count). The molecule has 5 nitrogen and oxygen atoms in total. The first-order valence-electron chi connectivity index (χ1n) is 4.00. The summed E-state index contributed by atoms with van der Waals surface area (Å²) in [6.45, 7) is 8.44. The lowest BCUT2D eigenvalue weighted by Gasteiger charge is -2.17. The maximum absolute atomic E-state index is 8.49. The molecular formula is C8H13ClO5S. The van der Waals surface area contributed by atoms with Crippen molar-refractivity contribution < 1.29 is 33.3 Å². The zero-order chi connectivity index (χ0) is 12.3. The summed E-state index contributed by atoms with van der Waals surface area (Å²) < 4.78 is 39.4. The number of aryl methyl sites for hydroxylation is 1. The molecule has 0 unspecified atom stereocenters. The van der Waals surface area contributed by atoms with E-state index in [4.69, 9.17) is 23.1 Å². The summed E-state index contributed by atoms with van der Waals surface area (Å²) in [5.41, 5.74) is 0.158. The second-order valence-electron chi connectivity index (χ2n) is 3.82. The molecule has 0 N–H and O–H groups in total. The molecule has 15 heavy (non-hydrogen) atoms. The highest BCUT2D eigenvalue weighted by atomic mass is 35.7. The first-order chi connectivity index (χ1) is 6.50. The highest BCUT2D eigenvalue weighted by molar-refractivity contribution is 7.09. The average Bonchev–Trinajstić information content (AvgIpc) is 2.29. The van der Waals surface area contributed by atoms with Gasteiger partial charge in [-0.15, -0.1) is 10.2 Å². The average molecular weight is 257 g/mol. The Morgan fingerprint density at radius 3 is 1.73 bits per heavy atom. The van der Waals surface area contributed by atoms with Gasteiger partial charge in [0.15, 0.2) is 0 Å². The molecular weight excluding hydrogens is 244 g/mol. The predicted octanol–water partition coefficient (Wildman–Crippen LogP) is -1.53. The fraction of sp³-hybridized carbons (Fsp3) is 0.625. The Balaban J connectivity index is 0.000000336. The third-order valence-corrected chi connectivity index (χ3v) is 2.07. The van der Waals surface area contributed by atoms with Crippen LogP contribution in [0.3, 0.4) is 0 Å². The Labute approximate surface area is 94.3 Å². The van der Waals surface area contributed by atoms with Crippen LogP contribution in [0.2, 0.25) is 0 Å². The molecule has 0 radical (unpaired) electrons. The van der Waals surface area contributed by atoms with Crippen molar-refractivity contribution in [3.63, 3.8) is 0 Å². The van der Waals surface area contributed by atoms with E-state index in [0.717, 1.165) is 10.8 Å². The maximum Gasteiger partial charge on any atom is 0.382 e. The van der Waals surface area contributed by atoms with Crippen LogP contribution in [-0.4, -0.2) is 0 Å². The van der Waals surface area contributed by atoms with Crippen molar-refractivity contribution in [2.75, 3.05) is 0 Å². The number of halogens is 1. The number of rotatable bonds is 0. The lowest BCUT2D eigenvalue weighted by molar-refractivity contribution is -2.00. The minimum absolute atomic E-state index is 0.158. The van der Waals surface area contributed by atoms with Crippen LogP contribution in [0.5, 0.6) is 0 Å². The van der Waals surface area contributed by atoms with Crippen LogP contribution in [-0.2, 0) is 5.41 Å². The highest BCUT2D eigenvalue weighted by Crippen LogP contribution is 2.26. The molecule has 0 aliphatic carbocycles. The summed E-state index contributed by atoms with van der Waals surface area (Å²) in [5, 5.41) is 3.11. The van der Waals surface area contributed by atoms with E-state index in [2.05, 4.69) is 26.2 Å². The fourth-order valence-corrected chi connectivity index (χ4v) is 1.48. The Bertz CT molecular complexity index is 293. The lowest BCUT2D eigenvalue weighted by atomic mass is 9.95. The summed E-state index contributed by atoms with van der Waals surface area (Å²) in [6.07, 6.45) is 0. The summed E-state index contributed by atoms with van der Waals surface area (Å²) in [5.74, 6) is 1.08. The normalized spacial score (nSPS) is 12.0. The van der Waals surface area contributed by atoms with Crippen molar-refractivity contribution in [3.8, 4) is 0 Å². The predicted molar refractivity (Wildman–Crippen MR) is 44.4 cm³/mol. The zero-order valence-electron chi connectivity index (χ0n) is 8.90. The SMILES string of the molecule is Cc1[o+]c(C(C)(C)C)cs1.[O-][Cl+3]([O-])([O-])[O-]. The molecule has 1 aromatic heterocycles. The molecule has 0 aliphatic heterocycles. The molecule has 0 saturated heterocycles. The molecule has 0 amide bonds. The standard InChI is InChI=1S/C8H13OS.ClHO4/c1-6-9-7(5-10-6)8(2,3)4;2-1(3,4)5/h5H,1-4H3;(H,2,3,4,5)/q+1;/p-1. The Morgan fingerprint density at radius 2 is 1.60 bits per heavy atom. The van der Waals surface area contributed by atoms with Gasteiger partial charge in [0, 0.05) is 0 Å². The molecule has 0 spiro atoms. The first kappa shape index (κ1) is 14.8. The Hall–Kier alpha value is -0.240. The fourth-order valence-electron chi connectivity index (χ4n) is 0.669. The molecule has 88 valence electrons. The molecule has 1 heterocycles. The van der Waals surface area contributed by atoms with Gasteiger partial charge in [0.25, 0.3) is 0 Å². The number of hydrogen-bond acceptors (Lipinski definition) is 5. The largest absolute Gasteiger partial charge is 0.382 e. The van der Waals surface area contributed by atoms with E-state index >= 15 is 0 Å². The van der Waals surface area contributed by atoms with Crippen molar-refractivity contribution in [2.24, 2.45) is 0 Å². The second kappa shape index (κ2) is 5.20. The van der Waals surface area contributed by atoms with Crippen LogP contribution >= 0.6 is 11.3 Å². The van der Waals surface area contributed by atoms with Gasteiger partial charge in [0.05, 0.1) is 12.3 Å². The maximum atomic E-state index is 8.49. The summed E-state index contributed by atoms with van der Waals surface area (Å²) in [6, 6.07) is 0. The minimum Gasteiger partial charge on any atom is -0.222 e. The van der Waals surface area contributed by atoms with E-state index in [9.17, 15) is 0 Å². The first-order valence-corrected chi connectivity index (χ1v) is 6.12. The smallest absolute Gasteiger partial charge is 0.222 e. The van der Waals surface area contributed by atoms with Gasteiger partial charge in [-0.2, -0.15) is 0 Å². The van der Waals surface area contributed by atoms with Crippen LogP contribution in [0.4, 0.5) is 0 Å². The van der Waals surface area contributed by atoms with Crippen LogP contribution in [0.25, 0.3) is 0 Å². The lowest BCUT2D eigenvalue weighted by Crippen LogP contribution is -2.68. The zero-order valence-corrected chi connectivity index (χ0v) is 10.5. The third kappa shape index (κ3) is 8.73. The van der Waals surface area contributed by atoms with Crippen LogP contribution < -0.4 is 18.6 Å². The van der Waals surface area contributed by atoms with E-state index in [1.54, 1.807) is 11.3 Å². The molecule has 0 atom stereocenters. The van der Waals surface area contributed by atoms with Crippen molar-refractivity contribution in [1.29, 1.82) is 0 Å². The van der Waals surface area contributed by atoms with E-state index in [1.807, 2.05) is 6.92 Å². The molecule has 0 saturated carbocycles. The summed E-state index contributed by atoms with van der Waals surface area (Å²) >= 11 is 1.66. The van der Waals surface area contributed by atoms with E-state index in [1.165, 1.54) is 0 Å². The van der Waals surface area contributed by atoms with Gasteiger partial charge in [0.2, 0.25) is 0 Å².